The summed E-state index contributed by atoms with van der Waals surface area (Å²) < 4.78 is 37.0. The van der Waals surface area contributed by atoms with Crippen LogP contribution in [0.5, 0.6) is 11.5 Å². The Morgan fingerprint density at radius 2 is 1.58 bits per heavy atom. The summed E-state index contributed by atoms with van der Waals surface area (Å²) in [5.41, 5.74) is 1.74. The minimum Gasteiger partial charge on any atom is -0.490 e. The number of fused-ring (bicyclic) bond motifs is 1. The molecule has 0 aromatic heterocycles. The first-order chi connectivity index (χ1) is 30.9. The van der Waals surface area contributed by atoms with Gasteiger partial charge in [0.15, 0.2) is 0 Å². The van der Waals surface area contributed by atoms with Crippen molar-refractivity contribution in [3.63, 3.8) is 0 Å². The van der Waals surface area contributed by atoms with Gasteiger partial charge in [0.25, 0.3) is 15.3 Å². The summed E-state index contributed by atoms with van der Waals surface area (Å²) in [5.74, 6) is 0.539. The minimum atomic E-state index is -1.29. The summed E-state index contributed by atoms with van der Waals surface area (Å²) in [4.78, 5) is 77.1. The molecule has 22 heteroatoms. The van der Waals surface area contributed by atoms with E-state index in [2.05, 4.69) is 19.4 Å². The standard InChI is InChI=1S/C42H59N5O17/c1-30(63-46(52)53)9-6-14-41(49)62-39-27-44(40(48)13-7-12-35(64-47(54)55)29-59-45(50)51)26-38(42(39)61-34-18-16-33(17-19-34)60-32-10-4-3-5-11-32)58-28-31-15-20-37-36(25-31)43(22-24-57-37)21-8-23-56-2/h3-5,10-11,15,20,25,30,33-35,38-39,42H,6-9,12-14,16-19,21-24,26-29H2,1-2H3. The first-order valence-electron chi connectivity index (χ1n) is 21.7. The zero-order chi connectivity index (χ0) is 45.8. The van der Waals surface area contributed by atoms with Crippen LogP contribution in [0.2, 0.25) is 0 Å². The summed E-state index contributed by atoms with van der Waals surface area (Å²) in [6, 6.07) is 15.4. The van der Waals surface area contributed by atoms with E-state index in [9.17, 15) is 39.9 Å². The molecule has 1 saturated heterocycles. The zero-order valence-corrected chi connectivity index (χ0v) is 36.3. The molecule has 5 atom stereocenters. The molecule has 0 spiro atoms. The predicted octanol–water partition coefficient (Wildman–Crippen LogP) is 5.06. The van der Waals surface area contributed by atoms with Crippen molar-refractivity contribution in [1.82, 2.24) is 4.90 Å². The van der Waals surface area contributed by atoms with Gasteiger partial charge in [0.2, 0.25) is 5.91 Å². The van der Waals surface area contributed by atoms with Gasteiger partial charge in [0.05, 0.1) is 37.6 Å². The Balaban J connectivity index is 1.34. The molecule has 1 amide bonds. The van der Waals surface area contributed by atoms with Crippen molar-refractivity contribution in [2.24, 2.45) is 0 Å². The van der Waals surface area contributed by atoms with Gasteiger partial charge in [0.1, 0.15) is 55.2 Å². The Morgan fingerprint density at radius 3 is 2.30 bits per heavy atom. The Bertz CT molecular complexity index is 1800. The third-order valence-corrected chi connectivity index (χ3v) is 11.2. The normalized spacial score (nSPS) is 21.6. The van der Waals surface area contributed by atoms with Gasteiger partial charge in [-0.05, 0) is 94.5 Å². The van der Waals surface area contributed by atoms with Crippen molar-refractivity contribution < 1.29 is 67.8 Å². The molecule has 64 heavy (non-hydrogen) atoms. The number of carbonyl (C=O) groups excluding carboxylic acids is 2. The van der Waals surface area contributed by atoms with Gasteiger partial charge < -0.3 is 52.7 Å². The van der Waals surface area contributed by atoms with Crippen LogP contribution < -0.4 is 14.4 Å². The summed E-state index contributed by atoms with van der Waals surface area (Å²) >= 11 is 0. The highest BCUT2D eigenvalue weighted by Gasteiger charge is 2.44. The van der Waals surface area contributed by atoms with Crippen LogP contribution in [0.3, 0.4) is 0 Å². The first-order valence-corrected chi connectivity index (χ1v) is 21.7. The maximum Gasteiger partial charge on any atom is 0.306 e. The van der Waals surface area contributed by atoms with Crippen LogP contribution in [0.15, 0.2) is 48.5 Å². The number of amides is 1. The van der Waals surface area contributed by atoms with E-state index in [0.29, 0.717) is 45.4 Å². The number of methoxy groups -OCH3 is 1. The number of rotatable bonds is 27. The molecule has 0 radical (unpaired) electrons. The van der Waals surface area contributed by atoms with Crippen LogP contribution >= 0.6 is 0 Å². The quantitative estimate of drug-likeness (QED) is 0.0491. The predicted molar refractivity (Wildman–Crippen MR) is 224 cm³/mol. The molecule has 2 fully saturated rings. The summed E-state index contributed by atoms with van der Waals surface area (Å²) in [6.45, 7) is 3.54. The van der Waals surface area contributed by atoms with Gasteiger partial charge in [-0.15, -0.1) is 30.3 Å². The Labute approximate surface area is 370 Å². The maximum absolute atomic E-state index is 13.9. The fourth-order valence-electron chi connectivity index (χ4n) is 8.06. The van der Waals surface area contributed by atoms with Gasteiger partial charge in [-0.1, -0.05) is 24.3 Å². The van der Waals surface area contributed by atoms with Crippen molar-refractivity contribution in [2.45, 2.75) is 127 Å². The molecule has 3 aliphatic rings. The first kappa shape index (κ1) is 49.3. The molecule has 2 aromatic carbocycles. The van der Waals surface area contributed by atoms with Crippen molar-refractivity contribution in [2.75, 3.05) is 58.0 Å². The number of hydrogen-bond donors (Lipinski definition) is 0. The summed E-state index contributed by atoms with van der Waals surface area (Å²) in [5, 5.41) is 29.5. The average molecular weight is 906 g/mol. The highest BCUT2D eigenvalue weighted by molar-refractivity contribution is 5.76. The van der Waals surface area contributed by atoms with Crippen molar-refractivity contribution in [3.8, 4) is 11.5 Å². The topological polar surface area (TPSA) is 253 Å². The molecule has 5 unspecified atom stereocenters. The highest BCUT2D eigenvalue weighted by Crippen LogP contribution is 2.34. The van der Waals surface area contributed by atoms with Crippen LogP contribution in [0.1, 0.15) is 83.1 Å². The zero-order valence-electron chi connectivity index (χ0n) is 36.3. The minimum absolute atomic E-state index is 0.0208. The summed E-state index contributed by atoms with van der Waals surface area (Å²) in [6.07, 6.45) is -1.17. The van der Waals surface area contributed by atoms with E-state index in [4.69, 9.17) is 28.4 Å². The van der Waals surface area contributed by atoms with Crippen LogP contribution in [-0.2, 0) is 49.7 Å². The van der Waals surface area contributed by atoms with Gasteiger partial charge in [0, 0.05) is 39.6 Å². The van der Waals surface area contributed by atoms with Gasteiger partial charge in [-0.25, -0.2) is 0 Å². The molecule has 354 valence electrons. The number of piperidine rings is 1. The highest BCUT2D eigenvalue weighted by atomic mass is 17.0. The van der Waals surface area contributed by atoms with E-state index in [1.54, 1.807) is 7.11 Å². The Morgan fingerprint density at radius 1 is 0.859 bits per heavy atom. The Hall–Kier alpha value is -5.74. The lowest BCUT2D eigenvalue weighted by atomic mass is 9.93. The fraction of sp³-hybridized carbons (Fsp3) is 0.667. The van der Waals surface area contributed by atoms with Crippen molar-refractivity contribution in [3.05, 3.63) is 84.4 Å². The van der Waals surface area contributed by atoms with Gasteiger partial charge in [-0.3, -0.25) is 9.59 Å². The van der Waals surface area contributed by atoms with Crippen LogP contribution in [0, 0.1) is 30.3 Å². The molecule has 2 heterocycles. The lowest BCUT2D eigenvalue weighted by Gasteiger charge is -2.44. The second-order valence-corrected chi connectivity index (χ2v) is 16.0. The Kier molecular flexibility index (Phi) is 19.7. The smallest absolute Gasteiger partial charge is 0.306 e. The average Bonchev–Trinajstić information content (AvgIpc) is 3.26. The maximum atomic E-state index is 13.9. The number of esters is 1. The molecule has 22 nitrogen and oxygen atoms in total. The molecule has 1 saturated carbocycles. The number of benzene rings is 2. The number of nitrogens with zero attached hydrogens (tertiary/aromatic N) is 5. The molecule has 0 bridgehead atoms. The third kappa shape index (κ3) is 16.4. The number of hydrogen-bond acceptors (Lipinski definition) is 18. The van der Waals surface area contributed by atoms with E-state index in [1.807, 2.05) is 48.5 Å². The molecular formula is C42H59N5O17. The molecular weight excluding hydrogens is 846 g/mol. The molecule has 2 aromatic rings. The van der Waals surface area contributed by atoms with Gasteiger partial charge in [-0.2, -0.15) is 0 Å². The number of anilines is 1. The van der Waals surface area contributed by atoms with Gasteiger partial charge >= 0.3 is 5.97 Å². The number of carbonyl (C=O) groups is 2. The lowest BCUT2D eigenvalue weighted by molar-refractivity contribution is -0.790. The van der Waals surface area contributed by atoms with Crippen LogP contribution in [0.4, 0.5) is 5.69 Å². The van der Waals surface area contributed by atoms with E-state index in [1.165, 1.54) is 11.8 Å². The second-order valence-electron chi connectivity index (χ2n) is 16.0. The monoisotopic (exact) mass is 905 g/mol. The van der Waals surface area contributed by atoms with E-state index in [-0.39, 0.29) is 76.3 Å². The van der Waals surface area contributed by atoms with Crippen LogP contribution in [-0.4, -0.2) is 128 Å². The number of likely N-dealkylation sites (tertiary alicyclic amines) is 1. The molecule has 2 aliphatic heterocycles. The fourth-order valence-corrected chi connectivity index (χ4v) is 8.06. The van der Waals surface area contributed by atoms with Crippen molar-refractivity contribution in [1.29, 1.82) is 0 Å². The molecule has 0 N–H and O–H groups in total. The summed E-state index contributed by atoms with van der Waals surface area (Å²) in [7, 11) is 1.66. The SMILES string of the molecule is COCCCN1CCOc2ccc(COC3CN(C(=O)CCCC(CO[N+](=O)[O-])O[N+](=O)[O-])CC(OC(=O)CCCC(C)O[N+](=O)[O-])C3OC3CCC(Oc4ccccc4)CC3)cc21. The molecule has 1 aliphatic carbocycles. The van der Waals surface area contributed by atoms with Crippen molar-refractivity contribution >= 4 is 17.6 Å². The van der Waals surface area contributed by atoms with E-state index < -0.39 is 58.4 Å². The molecule has 5 rings (SSSR count). The van der Waals surface area contributed by atoms with Crippen LogP contribution in [0.25, 0.3) is 0 Å². The number of para-hydroxylation sites is 1. The largest absolute Gasteiger partial charge is 0.490 e. The van der Waals surface area contributed by atoms with E-state index >= 15 is 0 Å². The second kappa shape index (κ2) is 25.5. The lowest BCUT2D eigenvalue weighted by Crippen LogP contribution is -2.60. The third-order valence-electron chi connectivity index (χ3n) is 11.2. The number of ether oxygens (including phenoxy) is 6. The van der Waals surface area contributed by atoms with E-state index in [0.717, 1.165) is 35.7 Å².